The van der Waals surface area contributed by atoms with Crippen molar-refractivity contribution in [3.63, 3.8) is 0 Å². The highest BCUT2D eigenvalue weighted by molar-refractivity contribution is 5.79. The average molecular weight is 400 g/mol. The van der Waals surface area contributed by atoms with Crippen molar-refractivity contribution in [3.05, 3.63) is 92.9 Å². The molecule has 0 spiro atoms. The van der Waals surface area contributed by atoms with Crippen LogP contribution in [0.5, 0.6) is 0 Å². The zero-order valence-electron chi connectivity index (χ0n) is 18.1. The van der Waals surface area contributed by atoms with Gasteiger partial charge in [-0.05, 0) is 55.7 Å². The number of anilines is 1. The number of aromatic amines is 1. The number of aromatic nitrogens is 1. The van der Waals surface area contributed by atoms with Gasteiger partial charge >= 0.3 is 0 Å². The predicted octanol–water partition coefficient (Wildman–Crippen LogP) is 4.89. The van der Waals surface area contributed by atoms with Crippen LogP contribution < -0.4 is 10.5 Å². The van der Waals surface area contributed by atoms with Crippen molar-refractivity contribution in [2.24, 2.45) is 10.9 Å². The number of hydrogen-bond acceptors (Lipinski definition) is 3. The smallest absolute Gasteiger partial charge is 0.248 e. The Bertz CT molecular complexity index is 1120. The van der Waals surface area contributed by atoms with E-state index in [4.69, 9.17) is 4.99 Å². The van der Waals surface area contributed by atoms with Gasteiger partial charge in [0.25, 0.3) is 0 Å². The highest BCUT2D eigenvalue weighted by Crippen LogP contribution is 2.51. The van der Waals surface area contributed by atoms with Crippen molar-refractivity contribution in [1.29, 1.82) is 0 Å². The van der Waals surface area contributed by atoms with E-state index in [0.29, 0.717) is 0 Å². The molecule has 0 saturated carbocycles. The first-order chi connectivity index (χ1) is 14.4. The minimum Gasteiger partial charge on any atom is -0.378 e. The fourth-order valence-electron chi connectivity index (χ4n) is 4.86. The van der Waals surface area contributed by atoms with Gasteiger partial charge in [-0.15, -0.1) is 0 Å². The van der Waals surface area contributed by atoms with Gasteiger partial charge in [0.1, 0.15) is 5.54 Å². The molecule has 0 radical (unpaired) electrons. The molecule has 4 heteroatoms. The summed E-state index contributed by atoms with van der Waals surface area (Å²) in [4.78, 5) is 22.2. The number of allylic oxidation sites excluding steroid dienone is 3. The molecule has 1 aromatic carbocycles. The molecule has 2 aliphatic carbocycles. The molecular weight excluding hydrogens is 370 g/mol. The van der Waals surface area contributed by atoms with E-state index in [1.54, 1.807) is 6.07 Å². The molecule has 2 aliphatic rings. The number of nitrogens with one attached hydrogen (secondary N) is 1. The van der Waals surface area contributed by atoms with Crippen LogP contribution in [-0.4, -0.2) is 25.3 Å². The molecule has 1 N–H and O–H groups in total. The maximum Gasteiger partial charge on any atom is 0.248 e. The summed E-state index contributed by atoms with van der Waals surface area (Å²) in [6.07, 6.45) is 12.2. The number of fused-ring (bicyclic) bond motifs is 4. The lowest BCUT2D eigenvalue weighted by molar-refractivity contribution is 0.413. The van der Waals surface area contributed by atoms with Gasteiger partial charge in [-0.3, -0.25) is 9.79 Å². The summed E-state index contributed by atoms with van der Waals surface area (Å²) < 4.78 is 0. The molecule has 0 amide bonds. The molecule has 1 heterocycles. The van der Waals surface area contributed by atoms with Crippen molar-refractivity contribution in [3.8, 4) is 0 Å². The summed E-state index contributed by atoms with van der Waals surface area (Å²) in [5, 5.41) is 0. The van der Waals surface area contributed by atoms with Crippen molar-refractivity contribution in [2.45, 2.75) is 32.2 Å². The number of pyridine rings is 1. The van der Waals surface area contributed by atoms with Crippen molar-refractivity contribution >= 4 is 18.0 Å². The van der Waals surface area contributed by atoms with Crippen molar-refractivity contribution in [2.75, 3.05) is 19.0 Å². The number of nitrogens with zero attached hydrogens (tertiary/aromatic N) is 2. The maximum atomic E-state index is 11.9. The van der Waals surface area contributed by atoms with Gasteiger partial charge in [-0.2, -0.15) is 0 Å². The van der Waals surface area contributed by atoms with Crippen LogP contribution in [-0.2, 0) is 12.0 Å². The molecule has 4 nitrogen and oxygen atoms in total. The minimum atomic E-state index is -0.435. The molecular formula is C26H29N3O. The Morgan fingerprint density at radius 1 is 1.17 bits per heavy atom. The third kappa shape index (κ3) is 3.58. The monoisotopic (exact) mass is 399 g/mol. The van der Waals surface area contributed by atoms with Crippen LogP contribution in [0.25, 0.3) is 6.08 Å². The molecule has 4 rings (SSSR count). The first kappa shape index (κ1) is 20.1. The van der Waals surface area contributed by atoms with Crippen LogP contribution in [0.1, 0.15) is 37.1 Å². The van der Waals surface area contributed by atoms with Gasteiger partial charge in [0.15, 0.2) is 0 Å². The average Bonchev–Trinajstić information content (AvgIpc) is 2.71. The van der Waals surface area contributed by atoms with E-state index in [9.17, 15) is 4.79 Å². The van der Waals surface area contributed by atoms with E-state index < -0.39 is 5.54 Å². The largest absolute Gasteiger partial charge is 0.378 e. The van der Waals surface area contributed by atoms with Crippen molar-refractivity contribution < 1.29 is 0 Å². The zero-order chi connectivity index (χ0) is 21.3. The lowest BCUT2D eigenvalue weighted by Crippen LogP contribution is -2.40. The molecule has 30 heavy (non-hydrogen) atoms. The van der Waals surface area contributed by atoms with Crippen LogP contribution in [0.15, 0.2) is 75.6 Å². The third-order valence-electron chi connectivity index (χ3n) is 6.16. The summed E-state index contributed by atoms with van der Waals surface area (Å²) in [5.74, 6) is 0.286. The highest BCUT2D eigenvalue weighted by Gasteiger charge is 2.46. The van der Waals surface area contributed by atoms with E-state index in [1.807, 2.05) is 32.5 Å². The SMILES string of the molecule is CC=C1[C@H]2C=C(C)C[C@]1(N=CC=Cc1ccc(N(C)C)cc1)c1ccc(=O)[nH]c1C2. The summed E-state index contributed by atoms with van der Waals surface area (Å²) in [6, 6.07) is 12.0. The van der Waals surface area contributed by atoms with Crippen LogP contribution in [0.4, 0.5) is 5.69 Å². The fourth-order valence-corrected chi connectivity index (χ4v) is 4.86. The second-order valence-electron chi connectivity index (χ2n) is 8.44. The van der Waals surface area contributed by atoms with E-state index in [0.717, 1.165) is 29.7 Å². The standard InChI is InChI=1S/C26H29N3O/c1-5-22-20-15-18(2)17-26(22,23-12-13-25(30)28-24(23)16-20)27-14-6-7-19-8-10-21(11-9-19)29(3)4/h5-15,20H,16-17H2,1-4H3,(H,28,30)/t20-,26+/m0/s1. The van der Waals surface area contributed by atoms with E-state index in [2.05, 4.69) is 66.2 Å². The molecule has 2 aromatic rings. The Hall–Kier alpha value is -3.14. The Morgan fingerprint density at radius 2 is 1.93 bits per heavy atom. The lowest BCUT2D eigenvalue weighted by atomic mass is 9.63. The molecule has 0 aliphatic heterocycles. The summed E-state index contributed by atoms with van der Waals surface area (Å²) >= 11 is 0. The number of rotatable bonds is 4. The van der Waals surface area contributed by atoms with Gasteiger partial charge in [0.2, 0.25) is 5.56 Å². The highest BCUT2D eigenvalue weighted by atomic mass is 16.1. The minimum absolute atomic E-state index is 0.0448. The second kappa shape index (κ2) is 7.94. The second-order valence-corrected chi connectivity index (χ2v) is 8.44. The third-order valence-corrected chi connectivity index (χ3v) is 6.16. The number of aliphatic imine (C=N–C) groups is 1. The Balaban J connectivity index is 1.69. The van der Waals surface area contributed by atoms with Gasteiger partial charge < -0.3 is 9.88 Å². The Morgan fingerprint density at radius 3 is 2.63 bits per heavy atom. The van der Waals surface area contributed by atoms with E-state index in [-0.39, 0.29) is 11.5 Å². The number of hydrogen-bond donors (Lipinski definition) is 1. The first-order valence-corrected chi connectivity index (χ1v) is 10.5. The van der Waals surface area contributed by atoms with Gasteiger partial charge in [-0.25, -0.2) is 0 Å². The molecule has 2 bridgehead atoms. The summed E-state index contributed by atoms with van der Waals surface area (Å²) in [6.45, 7) is 4.28. The molecule has 154 valence electrons. The number of H-pyrrole nitrogens is 1. The normalized spacial score (nSPS) is 24.3. The van der Waals surface area contributed by atoms with Crippen molar-refractivity contribution in [1.82, 2.24) is 4.98 Å². The predicted molar refractivity (Wildman–Crippen MR) is 126 cm³/mol. The van der Waals surface area contributed by atoms with E-state index in [1.165, 1.54) is 16.8 Å². The van der Waals surface area contributed by atoms with Gasteiger partial charge in [-0.1, -0.05) is 35.9 Å². The topological polar surface area (TPSA) is 48.5 Å². The molecule has 2 atom stereocenters. The van der Waals surface area contributed by atoms with Crippen LogP contribution >= 0.6 is 0 Å². The van der Waals surface area contributed by atoms with Gasteiger partial charge in [0, 0.05) is 55.7 Å². The van der Waals surface area contributed by atoms with E-state index >= 15 is 0 Å². The molecule has 0 fully saturated rings. The summed E-state index contributed by atoms with van der Waals surface area (Å²) in [7, 11) is 4.08. The van der Waals surface area contributed by atoms with Crippen LogP contribution in [0.3, 0.4) is 0 Å². The summed E-state index contributed by atoms with van der Waals surface area (Å²) in [5.41, 5.74) is 6.66. The fraction of sp³-hybridized carbons (Fsp3) is 0.308. The molecule has 1 aromatic heterocycles. The lowest BCUT2D eigenvalue weighted by Gasteiger charge is -2.45. The quantitative estimate of drug-likeness (QED) is 0.588. The zero-order valence-corrected chi connectivity index (χ0v) is 18.1. The molecule has 0 unspecified atom stereocenters. The van der Waals surface area contributed by atoms with Gasteiger partial charge in [0.05, 0.1) is 0 Å². The Labute approximate surface area is 178 Å². The maximum absolute atomic E-state index is 11.9. The molecule has 0 saturated heterocycles. The first-order valence-electron chi connectivity index (χ1n) is 10.5. The van der Waals surface area contributed by atoms with Crippen LogP contribution in [0, 0.1) is 5.92 Å². The van der Waals surface area contributed by atoms with Crippen LogP contribution in [0.2, 0.25) is 0 Å². The Kier molecular flexibility index (Phi) is 5.33. The number of benzene rings is 1.